The fourth-order valence-electron chi connectivity index (χ4n) is 5.37. The number of halogens is 3. The lowest BCUT2D eigenvalue weighted by Gasteiger charge is -2.40. The Morgan fingerprint density at radius 3 is 1.56 bits per heavy atom. The molecule has 0 amide bonds. The van der Waals surface area contributed by atoms with Crippen LogP contribution in [0.1, 0.15) is 48.4 Å². The van der Waals surface area contributed by atoms with Crippen LogP contribution in [-0.2, 0) is 11.0 Å². The van der Waals surface area contributed by atoms with Crippen LogP contribution in [0.15, 0.2) is 115 Å². The number of unbranched alkanes of at least 4 members (excludes halogenated alkanes) is 1. The number of rotatable bonds is 11. The summed E-state index contributed by atoms with van der Waals surface area (Å²) < 4.78 is 45.0. The van der Waals surface area contributed by atoms with Gasteiger partial charge in [0, 0.05) is 10.6 Å². The lowest BCUT2D eigenvalue weighted by molar-refractivity contribution is -0.502. The van der Waals surface area contributed by atoms with Crippen LogP contribution in [0.2, 0.25) is 0 Å². The van der Waals surface area contributed by atoms with E-state index in [9.17, 15) is 23.3 Å². The molecule has 4 rings (SSSR count). The standard InChI is InChI=1S/C32H31F3N2O2/c1-2-3-23-30(24-37(38)39,32(33,34)35)28-21-13-14-22-29(28)36-31(25-15-7-4-8-16-25,26-17-9-5-10-18-26)27-19-11-6-12-20-27/h4-22,36H,2-3,23-24H2,1H3. The van der Waals surface area contributed by atoms with Crippen LogP contribution in [0.25, 0.3) is 0 Å². The van der Waals surface area contributed by atoms with Crippen LogP contribution in [0, 0.1) is 10.1 Å². The minimum atomic E-state index is -4.85. The van der Waals surface area contributed by atoms with Crippen molar-refractivity contribution in [2.75, 3.05) is 11.9 Å². The first-order valence-electron chi connectivity index (χ1n) is 13.0. The summed E-state index contributed by atoms with van der Waals surface area (Å²) in [5.41, 5.74) is -1.23. The number of hydrogen-bond acceptors (Lipinski definition) is 3. The van der Waals surface area contributed by atoms with E-state index in [1.54, 1.807) is 19.1 Å². The van der Waals surface area contributed by atoms with E-state index in [4.69, 9.17) is 0 Å². The second kappa shape index (κ2) is 11.7. The molecule has 7 heteroatoms. The highest BCUT2D eigenvalue weighted by atomic mass is 19.4. The van der Waals surface area contributed by atoms with E-state index in [0.29, 0.717) is 6.42 Å². The van der Waals surface area contributed by atoms with E-state index in [1.165, 1.54) is 12.1 Å². The van der Waals surface area contributed by atoms with Crippen molar-refractivity contribution in [2.45, 2.75) is 43.3 Å². The summed E-state index contributed by atoms with van der Waals surface area (Å²) >= 11 is 0. The maximum atomic E-state index is 15.0. The quantitative estimate of drug-likeness (QED) is 0.120. The van der Waals surface area contributed by atoms with Gasteiger partial charge in [0.05, 0.1) is 0 Å². The van der Waals surface area contributed by atoms with Gasteiger partial charge in [0.1, 0.15) is 5.54 Å². The Kier molecular flexibility index (Phi) is 8.38. The number of nitro groups is 1. The maximum absolute atomic E-state index is 15.0. The van der Waals surface area contributed by atoms with E-state index in [2.05, 4.69) is 5.32 Å². The molecule has 4 aromatic carbocycles. The first-order chi connectivity index (χ1) is 18.7. The molecule has 0 spiro atoms. The second-order valence-electron chi connectivity index (χ2n) is 9.69. The monoisotopic (exact) mass is 532 g/mol. The van der Waals surface area contributed by atoms with Crippen LogP contribution in [0.5, 0.6) is 0 Å². The SMILES string of the molecule is CCCCC(C[N+](=O)[O-])(c1ccccc1NC(c1ccccc1)(c1ccccc1)c1ccccc1)C(F)(F)F. The van der Waals surface area contributed by atoms with Crippen molar-refractivity contribution >= 4 is 5.69 Å². The third kappa shape index (κ3) is 5.53. The third-order valence-corrected chi connectivity index (χ3v) is 7.28. The number of hydrogen-bond donors (Lipinski definition) is 1. The molecule has 0 fully saturated rings. The van der Waals surface area contributed by atoms with E-state index in [1.807, 2.05) is 91.0 Å². The Labute approximate surface area is 226 Å². The topological polar surface area (TPSA) is 55.2 Å². The second-order valence-corrected chi connectivity index (χ2v) is 9.69. The lowest BCUT2D eigenvalue weighted by Crippen LogP contribution is -2.49. The molecule has 4 aromatic rings. The zero-order valence-corrected chi connectivity index (χ0v) is 21.7. The molecule has 0 aromatic heterocycles. The molecule has 0 radical (unpaired) electrons. The van der Waals surface area contributed by atoms with Gasteiger partial charge < -0.3 is 5.32 Å². The molecular weight excluding hydrogens is 501 g/mol. The summed E-state index contributed by atoms with van der Waals surface area (Å²) in [7, 11) is 0. The average Bonchev–Trinajstić information content (AvgIpc) is 2.95. The van der Waals surface area contributed by atoms with Crippen molar-refractivity contribution in [1.82, 2.24) is 0 Å². The number of nitrogens with zero attached hydrogens (tertiary/aromatic N) is 1. The summed E-state index contributed by atoms with van der Waals surface area (Å²) in [5.74, 6) is 0. The number of benzene rings is 4. The summed E-state index contributed by atoms with van der Waals surface area (Å²) in [5, 5.41) is 15.3. The minimum absolute atomic E-state index is 0.130. The summed E-state index contributed by atoms with van der Waals surface area (Å²) in [6.45, 7) is 0.535. The van der Waals surface area contributed by atoms with Crippen molar-refractivity contribution in [3.63, 3.8) is 0 Å². The largest absolute Gasteiger partial charge is 0.404 e. The molecule has 1 N–H and O–H groups in total. The van der Waals surface area contributed by atoms with Gasteiger partial charge in [0.15, 0.2) is 5.41 Å². The molecular formula is C32H31F3N2O2. The summed E-state index contributed by atoms with van der Waals surface area (Å²) in [6, 6.07) is 34.7. The number of anilines is 1. The summed E-state index contributed by atoms with van der Waals surface area (Å²) in [6.07, 6.45) is -4.56. The highest BCUT2D eigenvalue weighted by molar-refractivity contribution is 5.64. The van der Waals surface area contributed by atoms with E-state index < -0.39 is 28.6 Å². The van der Waals surface area contributed by atoms with Crippen LogP contribution >= 0.6 is 0 Å². The Morgan fingerprint density at radius 1 is 0.718 bits per heavy atom. The molecule has 0 aliphatic rings. The third-order valence-electron chi connectivity index (χ3n) is 7.28. The van der Waals surface area contributed by atoms with E-state index in [-0.39, 0.29) is 24.1 Å². The van der Waals surface area contributed by atoms with Gasteiger partial charge in [-0.25, -0.2) is 0 Å². The Bertz CT molecular complexity index is 1270. The minimum Gasteiger partial charge on any atom is -0.368 e. The zero-order chi connectivity index (χ0) is 27.9. The molecule has 0 bridgehead atoms. The highest BCUT2D eigenvalue weighted by Gasteiger charge is 2.60. The Hall–Kier alpha value is -4.13. The van der Waals surface area contributed by atoms with E-state index in [0.717, 1.165) is 16.7 Å². The Morgan fingerprint density at radius 2 is 1.15 bits per heavy atom. The molecule has 0 aliphatic heterocycles. The van der Waals surface area contributed by atoms with Crippen molar-refractivity contribution in [1.29, 1.82) is 0 Å². The molecule has 0 saturated carbocycles. The van der Waals surface area contributed by atoms with Gasteiger partial charge >= 0.3 is 6.18 Å². The molecule has 39 heavy (non-hydrogen) atoms. The van der Waals surface area contributed by atoms with Gasteiger partial charge in [-0.3, -0.25) is 10.1 Å². The summed E-state index contributed by atoms with van der Waals surface area (Å²) in [4.78, 5) is 10.9. The molecule has 0 aliphatic carbocycles. The van der Waals surface area contributed by atoms with Crippen LogP contribution < -0.4 is 5.32 Å². The normalized spacial score (nSPS) is 13.4. The molecule has 0 saturated heterocycles. The van der Waals surface area contributed by atoms with Crippen molar-refractivity contribution in [2.24, 2.45) is 0 Å². The molecule has 4 nitrogen and oxygen atoms in total. The van der Waals surface area contributed by atoms with Crippen molar-refractivity contribution in [3.8, 4) is 0 Å². The van der Waals surface area contributed by atoms with E-state index >= 15 is 0 Å². The first kappa shape index (κ1) is 27.9. The maximum Gasteiger partial charge on any atom is 0.404 e. The van der Waals surface area contributed by atoms with Gasteiger partial charge in [-0.05, 0) is 34.7 Å². The number of alkyl halides is 3. The molecule has 0 heterocycles. The van der Waals surface area contributed by atoms with Crippen LogP contribution in [0.4, 0.5) is 18.9 Å². The van der Waals surface area contributed by atoms with Crippen molar-refractivity contribution < 1.29 is 18.1 Å². The Balaban J connectivity index is 2.04. The fraction of sp³-hybridized carbons (Fsp3) is 0.250. The smallest absolute Gasteiger partial charge is 0.368 e. The molecule has 1 atom stereocenters. The van der Waals surface area contributed by atoms with Crippen LogP contribution in [0.3, 0.4) is 0 Å². The predicted molar refractivity (Wildman–Crippen MR) is 148 cm³/mol. The zero-order valence-electron chi connectivity index (χ0n) is 21.7. The van der Waals surface area contributed by atoms with Gasteiger partial charge in [-0.1, -0.05) is 129 Å². The van der Waals surface area contributed by atoms with Crippen molar-refractivity contribution in [3.05, 3.63) is 148 Å². The highest BCUT2D eigenvalue weighted by Crippen LogP contribution is 2.49. The number of para-hydroxylation sites is 1. The molecule has 202 valence electrons. The van der Waals surface area contributed by atoms with Gasteiger partial charge in [-0.15, -0.1) is 0 Å². The van der Waals surface area contributed by atoms with Gasteiger partial charge in [0.25, 0.3) is 0 Å². The van der Waals surface area contributed by atoms with Gasteiger partial charge in [0.2, 0.25) is 6.54 Å². The van der Waals surface area contributed by atoms with Gasteiger partial charge in [-0.2, -0.15) is 13.2 Å². The number of nitrogens with one attached hydrogen (secondary N) is 1. The molecule has 1 unspecified atom stereocenters. The lowest BCUT2D eigenvalue weighted by atomic mass is 9.73. The van der Waals surface area contributed by atoms with Crippen LogP contribution in [-0.4, -0.2) is 17.6 Å². The predicted octanol–water partition coefficient (Wildman–Crippen LogP) is 8.36. The fourth-order valence-corrected chi connectivity index (χ4v) is 5.37. The first-order valence-corrected chi connectivity index (χ1v) is 13.0. The average molecular weight is 533 g/mol.